The molecule has 7 heteroatoms. The third kappa shape index (κ3) is 3.34. The molecule has 0 spiro atoms. The second-order valence-electron chi connectivity index (χ2n) is 6.60. The van der Waals surface area contributed by atoms with Gasteiger partial charge in [0.1, 0.15) is 11.8 Å². The van der Waals surface area contributed by atoms with Crippen LogP contribution in [0.4, 0.5) is 5.69 Å². The highest BCUT2D eigenvalue weighted by atomic mass is 32.1. The quantitative estimate of drug-likeness (QED) is 0.625. The van der Waals surface area contributed by atoms with E-state index in [1.54, 1.807) is 25.4 Å². The second kappa shape index (κ2) is 8.00. The van der Waals surface area contributed by atoms with Crippen LogP contribution in [0, 0.1) is 0 Å². The van der Waals surface area contributed by atoms with Crippen molar-refractivity contribution in [1.29, 1.82) is 0 Å². The summed E-state index contributed by atoms with van der Waals surface area (Å²) in [4.78, 5) is 6.53. The summed E-state index contributed by atoms with van der Waals surface area (Å²) < 4.78 is 7.43. The minimum absolute atomic E-state index is 0.149. The van der Waals surface area contributed by atoms with Gasteiger partial charge in [0.2, 0.25) is 0 Å². The lowest BCUT2D eigenvalue weighted by Crippen LogP contribution is -2.30. The fourth-order valence-corrected chi connectivity index (χ4v) is 4.01. The van der Waals surface area contributed by atoms with Crippen LogP contribution in [0.3, 0.4) is 0 Å². The number of phenolic OH excluding ortho intramolecular Hbond substituents is 1. The Morgan fingerprint density at radius 1 is 1.14 bits per heavy atom. The van der Waals surface area contributed by atoms with Gasteiger partial charge in [-0.05, 0) is 48.6 Å². The Labute approximate surface area is 169 Å². The molecule has 0 radical (unpaired) electrons. The summed E-state index contributed by atoms with van der Waals surface area (Å²) in [5.74, 6) is 0.188. The molecule has 144 valence electrons. The molecule has 2 N–H and O–H groups in total. The van der Waals surface area contributed by atoms with Crippen molar-refractivity contribution in [3.8, 4) is 5.75 Å². The number of aromatic hydroxyl groups is 1. The van der Waals surface area contributed by atoms with Gasteiger partial charge >= 0.3 is 0 Å². The number of aromatic nitrogens is 2. The third-order valence-electron chi connectivity index (χ3n) is 4.94. The van der Waals surface area contributed by atoms with Gasteiger partial charge in [-0.1, -0.05) is 18.2 Å². The Morgan fingerprint density at radius 2 is 1.96 bits per heavy atom. The van der Waals surface area contributed by atoms with Gasteiger partial charge in [0.25, 0.3) is 0 Å². The molecule has 4 rings (SSSR count). The van der Waals surface area contributed by atoms with Gasteiger partial charge in [-0.25, -0.2) is 0 Å². The molecule has 3 aromatic rings. The van der Waals surface area contributed by atoms with Crippen molar-refractivity contribution < 1.29 is 9.84 Å². The zero-order valence-corrected chi connectivity index (χ0v) is 16.3. The van der Waals surface area contributed by atoms with E-state index < -0.39 is 0 Å². The topological polar surface area (TPSA) is 62.5 Å². The van der Waals surface area contributed by atoms with Gasteiger partial charge in [0, 0.05) is 31.7 Å². The predicted molar refractivity (Wildman–Crippen MR) is 112 cm³/mol. The number of anilines is 1. The molecule has 0 aliphatic carbocycles. The molecule has 2 aromatic heterocycles. The maximum absolute atomic E-state index is 10.5. The summed E-state index contributed by atoms with van der Waals surface area (Å²) in [5.41, 5.74) is 2.64. The SMILES string of the molecule is COCCn1cccc1[C@@H]1[C@H](c2ccccn2)NC(=S)N1c1ccccc1O. The van der Waals surface area contributed by atoms with Crippen LogP contribution in [0.15, 0.2) is 67.0 Å². The van der Waals surface area contributed by atoms with Gasteiger partial charge in [-0.3, -0.25) is 4.98 Å². The molecule has 1 fully saturated rings. The monoisotopic (exact) mass is 394 g/mol. The molecule has 1 saturated heterocycles. The van der Waals surface area contributed by atoms with Crippen molar-refractivity contribution >= 4 is 23.0 Å². The van der Waals surface area contributed by atoms with Crippen molar-refractivity contribution in [2.45, 2.75) is 18.6 Å². The predicted octanol–water partition coefficient (Wildman–Crippen LogP) is 3.41. The number of para-hydroxylation sites is 2. The second-order valence-corrected chi connectivity index (χ2v) is 6.99. The number of thiocarbonyl (C=S) groups is 1. The molecular weight excluding hydrogens is 372 g/mol. The van der Waals surface area contributed by atoms with Crippen LogP contribution in [-0.4, -0.2) is 33.5 Å². The van der Waals surface area contributed by atoms with Crippen molar-refractivity contribution in [3.63, 3.8) is 0 Å². The lowest BCUT2D eigenvalue weighted by atomic mass is 10.0. The van der Waals surface area contributed by atoms with Crippen LogP contribution in [-0.2, 0) is 11.3 Å². The normalized spacial score (nSPS) is 19.0. The van der Waals surface area contributed by atoms with Crippen LogP contribution in [0.2, 0.25) is 0 Å². The number of nitrogens with one attached hydrogen (secondary N) is 1. The van der Waals surface area contributed by atoms with Crippen LogP contribution < -0.4 is 10.2 Å². The van der Waals surface area contributed by atoms with E-state index in [1.165, 1.54) is 0 Å². The lowest BCUT2D eigenvalue weighted by molar-refractivity contribution is 0.186. The molecule has 1 aliphatic heterocycles. The first-order valence-electron chi connectivity index (χ1n) is 9.13. The molecule has 0 amide bonds. The number of benzene rings is 1. The Bertz CT molecular complexity index is 960. The fraction of sp³-hybridized carbons (Fsp3) is 0.238. The maximum Gasteiger partial charge on any atom is 0.174 e. The number of rotatable bonds is 6. The van der Waals surface area contributed by atoms with E-state index in [4.69, 9.17) is 17.0 Å². The molecule has 0 unspecified atom stereocenters. The van der Waals surface area contributed by atoms with Gasteiger partial charge in [0.05, 0.1) is 24.0 Å². The van der Waals surface area contributed by atoms with E-state index in [0.717, 1.165) is 17.9 Å². The summed E-state index contributed by atoms with van der Waals surface area (Å²) in [7, 11) is 1.69. The first-order chi connectivity index (χ1) is 13.7. The largest absolute Gasteiger partial charge is 0.506 e. The molecule has 3 heterocycles. The first kappa shape index (κ1) is 18.5. The number of hydrogen-bond acceptors (Lipinski definition) is 4. The standard InChI is InChI=1S/C21H22N4O2S/c1-27-14-13-24-12-6-9-17(24)20-19(15-7-4-5-11-22-15)23-21(28)25(20)16-8-2-3-10-18(16)26/h2-12,19-20,26H,13-14H2,1H3,(H,23,28)/t19-,20+/m0/s1. The van der Waals surface area contributed by atoms with E-state index in [2.05, 4.69) is 20.9 Å². The number of pyridine rings is 1. The van der Waals surface area contributed by atoms with Crippen LogP contribution >= 0.6 is 12.2 Å². The average Bonchev–Trinajstić information content (AvgIpc) is 3.31. The smallest absolute Gasteiger partial charge is 0.174 e. The Balaban J connectivity index is 1.83. The third-order valence-corrected chi connectivity index (χ3v) is 5.26. The van der Waals surface area contributed by atoms with E-state index >= 15 is 0 Å². The number of phenols is 1. The van der Waals surface area contributed by atoms with Crippen molar-refractivity contribution in [2.75, 3.05) is 18.6 Å². The summed E-state index contributed by atoms with van der Waals surface area (Å²) in [6.45, 7) is 1.34. The Hall–Kier alpha value is -2.90. The summed E-state index contributed by atoms with van der Waals surface area (Å²) in [6.07, 6.45) is 3.82. The molecule has 28 heavy (non-hydrogen) atoms. The van der Waals surface area contributed by atoms with E-state index in [9.17, 15) is 5.11 Å². The van der Waals surface area contributed by atoms with Gasteiger partial charge in [-0.15, -0.1) is 0 Å². The van der Waals surface area contributed by atoms with Crippen molar-refractivity contribution in [3.05, 3.63) is 78.4 Å². The number of methoxy groups -OCH3 is 1. The van der Waals surface area contributed by atoms with E-state index in [1.807, 2.05) is 47.5 Å². The van der Waals surface area contributed by atoms with Gasteiger partial charge in [0.15, 0.2) is 5.11 Å². The molecular formula is C21H22N4O2S. The molecule has 0 bridgehead atoms. The van der Waals surface area contributed by atoms with Crippen molar-refractivity contribution in [2.24, 2.45) is 0 Å². The molecule has 6 nitrogen and oxygen atoms in total. The minimum atomic E-state index is -0.164. The average molecular weight is 395 g/mol. The van der Waals surface area contributed by atoms with Gasteiger partial charge < -0.3 is 24.6 Å². The number of hydrogen-bond donors (Lipinski definition) is 2. The maximum atomic E-state index is 10.5. The highest BCUT2D eigenvalue weighted by Gasteiger charge is 2.42. The summed E-state index contributed by atoms with van der Waals surface area (Å²) in [6, 6.07) is 16.9. The van der Waals surface area contributed by atoms with Crippen LogP contribution in [0.1, 0.15) is 23.5 Å². The Kier molecular flexibility index (Phi) is 5.27. The fourth-order valence-electron chi connectivity index (χ4n) is 3.67. The Morgan fingerprint density at radius 3 is 2.71 bits per heavy atom. The highest BCUT2D eigenvalue weighted by molar-refractivity contribution is 7.80. The van der Waals surface area contributed by atoms with E-state index in [-0.39, 0.29) is 17.8 Å². The van der Waals surface area contributed by atoms with E-state index in [0.29, 0.717) is 17.4 Å². The zero-order valence-electron chi connectivity index (χ0n) is 15.5. The summed E-state index contributed by atoms with van der Waals surface area (Å²) in [5, 5.41) is 14.5. The van der Waals surface area contributed by atoms with Crippen LogP contribution in [0.25, 0.3) is 0 Å². The molecule has 0 saturated carbocycles. The number of nitrogens with zero attached hydrogens (tertiary/aromatic N) is 3. The molecule has 1 aliphatic rings. The molecule has 1 aromatic carbocycles. The highest BCUT2D eigenvalue weighted by Crippen LogP contribution is 2.44. The van der Waals surface area contributed by atoms with Gasteiger partial charge in [-0.2, -0.15) is 0 Å². The number of ether oxygens (including phenoxy) is 1. The van der Waals surface area contributed by atoms with Crippen LogP contribution in [0.5, 0.6) is 5.75 Å². The first-order valence-corrected chi connectivity index (χ1v) is 9.54. The molecule has 2 atom stereocenters. The zero-order chi connectivity index (χ0) is 19.5. The lowest BCUT2D eigenvalue weighted by Gasteiger charge is -2.29. The summed E-state index contributed by atoms with van der Waals surface area (Å²) >= 11 is 5.68. The minimum Gasteiger partial charge on any atom is -0.506 e. The van der Waals surface area contributed by atoms with Crippen molar-refractivity contribution in [1.82, 2.24) is 14.9 Å².